The lowest BCUT2D eigenvalue weighted by molar-refractivity contribution is 1.05. The molecular weight excluding hydrogens is 468 g/mol. The van der Waals surface area contributed by atoms with Gasteiger partial charge in [0.15, 0.2) is 5.65 Å². The summed E-state index contributed by atoms with van der Waals surface area (Å²) in [5.74, 6) is 0.555. The smallest absolute Gasteiger partial charge is 0.268 e. The molecule has 8 rings (SSSR count). The minimum Gasteiger partial charge on any atom is -0.277 e. The van der Waals surface area contributed by atoms with Crippen LogP contribution in [-0.2, 0) is 0 Å². The zero-order chi connectivity index (χ0) is 25.2. The minimum atomic E-state index is -0.124. The second-order valence-electron chi connectivity index (χ2n) is 9.48. The molecule has 0 aliphatic carbocycles. The molecule has 0 aliphatic rings. The molecule has 38 heavy (non-hydrogen) atoms. The van der Waals surface area contributed by atoms with Crippen LogP contribution in [0, 0.1) is 0 Å². The maximum absolute atomic E-state index is 13.9. The molecule has 178 valence electrons. The average molecular weight is 489 g/mol. The van der Waals surface area contributed by atoms with Crippen molar-refractivity contribution in [2.24, 2.45) is 0 Å². The van der Waals surface area contributed by atoms with Crippen LogP contribution in [0.15, 0.2) is 126 Å². The standard InChI is InChI=1S/C33H20N4O/c38-32-24-15-7-9-17-27(24)34-31-25-16-8-10-18-29(25)36-30-26(22-13-5-2-6-14-22)19-23(21-11-3-1-4-12-21)20-28(30)35-33(36)37(31)32/h1-20H. The van der Waals surface area contributed by atoms with E-state index in [-0.39, 0.29) is 5.56 Å². The predicted molar refractivity (Wildman–Crippen MR) is 154 cm³/mol. The van der Waals surface area contributed by atoms with Gasteiger partial charge in [-0.3, -0.25) is 9.20 Å². The highest BCUT2D eigenvalue weighted by Crippen LogP contribution is 2.36. The number of imidazole rings is 1. The fourth-order valence-electron chi connectivity index (χ4n) is 5.57. The molecule has 0 amide bonds. The van der Waals surface area contributed by atoms with E-state index >= 15 is 0 Å². The fourth-order valence-corrected chi connectivity index (χ4v) is 5.57. The highest BCUT2D eigenvalue weighted by Gasteiger charge is 2.20. The third kappa shape index (κ3) is 2.90. The summed E-state index contributed by atoms with van der Waals surface area (Å²) in [4.78, 5) is 24.0. The molecule has 3 aromatic heterocycles. The van der Waals surface area contributed by atoms with E-state index in [0.717, 1.165) is 44.2 Å². The number of para-hydroxylation sites is 2. The lowest BCUT2D eigenvalue weighted by Crippen LogP contribution is -2.18. The summed E-state index contributed by atoms with van der Waals surface area (Å²) in [5.41, 5.74) is 8.24. The normalized spacial score (nSPS) is 11.8. The molecule has 0 atom stereocenters. The van der Waals surface area contributed by atoms with Gasteiger partial charge in [-0.05, 0) is 53.1 Å². The van der Waals surface area contributed by atoms with Gasteiger partial charge in [-0.25, -0.2) is 14.4 Å². The van der Waals surface area contributed by atoms with Crippen molar-refractivity contribution in [1.29, 1.82) is 0 Å². The van der Waals surface area contributed by atoms with Crippen molar-refractivity contribution in [3.05, 3.63) is 132 Å². The molecule has 0 unspecified atom stereocenters. The summed E-state index contributed by atoms with van der Waals surface area (Å²) in [6.45, 7) is 0. The molecule has 0 N–H and O–H groups in total. The molecular formula is C33H20N4O. The molecule has 5 aromatic carbocycles. The van der Waals surface area contributed by atoms with Gasteiger partial charge in [-0.15, -0.1) is 0 Å². The predicted octanol–water partition coefficient (Wildman–Crippen LogP) is 7.14. The summed E-state index contributed by atoms with van der Waals surface area (Å²) in [7, 11) is 0. The molecule has 0 saturated heterocycles. The molecule has 0 aliphatic heterocycles. The lowest BCUT2D eigenvalue weighted by atomic mass is 9.97. The fraction of sp³-hybridized carbons (Fsp3) is 0. The molecule has 0 bridgehead atoms. The molecule has 0 spiro atoms. The Bertz CT molecular complexity index is 2250. The first-order chi connectivity index (χ1) is 18.8. The SMILES string of the molecule is O=c1c2ccccc2nc2c3ccccc3n3c4c(-c5ccccc5)cc(-c5ccccc5)cc4nc3n12. The van der Waals surface area contributed by atoms with E-state index in [9.17, 15) is 4.79 Å². The number of hydrogen-bond donors (Lipinski definition) is 0. The van der Waals surface area contributed by atoms with Crippen LogP contribution in [0.5, 0.6) is 0 Å². The minimum absolute atomic E-state index is 0.124. The highest BCUT2D eigenvalue weighted by atomic mass is 16.1. The lowest BCUT2D eigenvalue weighted by Gasteiger charge is -2.12. The van der Waals surface area contributed by atoms with Crippen molar-refractivity contribution in [3.8, 4) is 22.3 Å². The van der Waals surface area contributed by atoms with E-state index in [1.807, 2.05) is 78.9 Å². The molecule has 0 fully saturated rings. The van der Waals surface area contributed by atoms with Crippen LogP contribution in [0.1, 0.15) is 0 Å². The summed E-state index contributed by atoms with van der Waals surface area (Å²) in [6, 6.07) is 40.6. The summed E-state index contributed by atoms with van der Waals surface area (Å²) in [5, 5.41) is 1.47. The zero-order valence-corrected chi connectivity index (χ0v) is 20.2. The number of benzene rings is 5. The third-order valence-electron chi connectivity index (χ3n) is 7.29. The van der Waals surface area contributed by atoms with Crippen molar-refractivity contribution in [1.82, 2.24) is 18.8 Å². The van der Waals surface area contributed by atoms with Gasteiger partial charge in [0.2, 0.25) is 5.78 Å². The summed E-state index contributed by atoms with van der Waals surface area (Å²) < 4.78 is 3.79. The first-order valence-corrected chi connectivity index (χ1v) is 12.6. The number of fused-ring (bicyclic) bond motifs is 9. The first-order valence-electron chi connectivity index (χ1n) is 12.6. The van der Waals surface area contributed by atoms with Crippen molar-refractivity contribution in [2.75, 3.05) is 0 Å². The quantitative estimate of drug-likeness (QED) is 0.192. The average Bonchev–Trinajstić information content (AvgIpc) is 3.37. The number of hydrogen-bond acceptors (Lipinski definition) is 3. The van der Waals surface area contributed by atoms with E-state index in [2.05, 4.69) is 46.9 Å². The van der Waals surface area contributed by atoms with Crippen LogP contribution in [-0.4, -0.2) is 18.8 Å². The van der Waals surface area contributed by atoms with E-state index in [4.69, 9.17) is 9.97 Å². The van der Waals surface area contributed by atoms with Crippen molar-refractivity contribution in [2.45, 2.75) is 0 Å². The summed E-state index contributed by atoms with van der Waals surface area (Å²) in [6.07, 6.45) is 0. The van der Waals surface area contributed by atoms with E-state index in [1.165, 1.54) is 0 Å². The number of aromatic nitrogens is 4. The Balaban J connectivity index is 1.65. The van der Waals surface area contributed by atoms with Crippen LogP contribution < -0.4 is 5.56 Å². The van der Waals surface area contributed by atoms with Gasteiger partial charge >= 0.3 is 0 Å². The van der Waals surface area contributed by atoms with Gasteiger partial charge in [0, 0.05) is 10.9 Å². The third-order valence-corrected chi connectivity index (χ3v) is 7.29. The second kappa shape index (κ2) is 7.85. The van der Waals surface area contributed by atoms with E-state index in [0.29, 0.717) is 22.3 Å². The van der Waals surface area contributed by atoms with Crippen LogP contribution in [0.4, 0.5) is 0 Å². The first kappa shape index (κ1) is 20.9. The van der Waals surface area contributed by atoms with Gasteiger partial charge in [-0.1, -0.05) is 84.9 Å². The van der Waals surface area contributed by atoms with Gasteiger partial charge in [0.05, 0.1) is 27.5 Å². The van der Waals surface area contributed by atoms with Crippen LogP contribution in [0.3, 0.4) is 0 Å². The van der Waals surface area contributed by atoms with Gasteiger partial charge in [0.25, 0.3) is 5.56 Å². The van der Waals surface area contributed by atoms with Crippen LogP contribution in [0.2, 0.25) is 0 Å². The summed E-state index contributed by atoms with van der Waals surface area (Å²) >= 11 is 0. The maximum atomic E-state index is 13.9. The maximum Gasteiger partial charge on any atom is 0.268 e. The topological polar surface area (TPSA) is 51.7 Å². The Morgan fingerprint density at radius 1 is 0.526 bits per heavy atom. The molecule has 0 radical (unpaired) electrons. The molecule has 8 aromatic rings. The van der Waals surface area contributed by atoms with Crippen molar-refractivity contribution in [3.63, 3.8) is 0 Å². The second-order valence-corrected chi connectivity index (χ2v) is 9.48. The Morgan fingerprint density at radius 2 is 1.18 bits per heavy atom. The Kier molecular flexibility index (Phi) is 4.31. The molecule has 3 heterocycles. The Labute approximate surface area is 216 Å². The number of rotatable bonds is 2. The monoisotopic (exact) mass is 488 g/mol. The van der Waals surface area contributed by atoms with Gasteiger partial charge < -0.3 is 0 Å². The van der Waals surface area contributed by atoms with Gasteiger partial charge in [0.1, 0.15) is 0 Å². The molecule has 0 saturated carbocycles. The largest absolute Gasteiger partial charge is 0.277 e. The van der Waals surface area contributed by atoms with Crippen LogP contribution in [0.25, 0.3) is 66.5 Å². The van der Waals surface area contributed by atoms with Gasteiger partial charge in [-0.2, -0.15) is 0 Å². The van der Waals surface area contributed by atoms with E-state index in [1.54, 1.807) is 4.40 Å². The number of nitrogens with zero attached hydrogens (tertiary/aromatic N) is 4. The van der Waals surface area contributed by atoms with Crippen molar-refractivity contribution >= 4 is 44.3 Å². The molecule has 5 nitrogen and oxygen atoms in total. The molecule has 5 heteroatoms. The highest BCUT2D eigenvalue weighted by molar-refractivity contribution is 6.04. The Morgan fingerprint density at radius 3 is 1.97 bits per heavy atom. The van der Waals surface area contributed by atoms with Crippen molar-refractivity contribution < 1.29 is 0 Å². The van der Waals surface area contributed by atoms with Crippen LogP contribution >= 0.6 is 0 Å². The Hall–Kier alpha value is -5.29. The van der Waals surface area contributed by atoms with E-state index < -0.39 is 0 Å². The zero-order valence-electron chi connectivity index (χ0n) is 20.2.